The summed E-state index contributed by atoms with van der Waals surface area (Å²) in [5.41, 5.74) is 6.37. The first-order chi connectivity index (χ1) is 7.16. The largest absolute Gasteiger partial charge is 0.468 e. The second-order valence-corrected chi connectivity index (χ2v) is 3.86. The summed E-state index contributed by atoms with van der Waals surface area (Å²) in [6, 6.07) is 3.49. The van der Waals surface area contributed by atoms with Gasteiger partial charge in [0.25, 0.3) is 0 Å². The van der Waals surface area contributed by atoms with Gasteiger partial charge in [-0.1, -0.05) is 12.2 Å². The molecule has 80 valence electrons. The third kappa shape index (κ3) is 2.10. The Labute approximate surface area is 88.3 Å². The SMILES string of the molecule is C=C1CC(C(N)=O)N(Cc2ccco2)C1. The maximum Gasteiger partial charge on any atom is 0.235 e. The van der Waals surface area contributed by atoms with E-state index < -0.39 is 0 Å². The minimum Gasteiger partial charge on any atom is -0.468 e. The molecule has 2 rings (SSSR count). The summed E-state index contributed by atoms with van der Waals surface area (Å²) in [6.45, 7) is 5.21. The normalized spacial score (nSPS) is 22.1. The molecule has 0 spiro atoms. The van der Waals surface area contributed by atoms with E-state index in [1.54, 1.807) is 6.26 Å². The number of furan rings is 1. The topological polar surface area (TPSA) is 59.5 Å². The molecule has 0 aliphatic carbocycles. The van der Waals surface area contributed by atoms with Crippen LogP contribution >= 0.6 is 0 Å². The molecule has 1 atom stereocenters. The minimum absolute atomic E-state index is 0.234. The van der Waals surface area contributed by atoms with Crippen molar-refractivity contribution >= 4 is 5.91 Å². The van der Waals surface area contributed by atoms with Gasteiger partial charge in [0.15, 0.2) is 0 Å². The molecule has 1 aliphatic heterocycles. The molecule has 4 heteroatoms. The number of hydrogen-bond acceptors (Lipinski definition) is 3. The molecule has 1 saturated heterocycles. The minimum atomic E-state index is -0.291. The zero-order valence-corrected chi connectivity index (χ0v) is 8.48. The molecule has 2 heterocycles. The smallest absolute Gasteiger partial charge is 0.235 e. The van der Waals surface area contributed by atoms with Gasteiger partial charge in [-0.25, -0.2) is 0 Å². The van der Waals surface area contributed by atoms with Crippen molar-refractivity contribution in [1.29, 1.82) is 0 Å². The van der Waals surface area contributed by atoms with E-state index in [1.807, 2.05) is 17.0 Å². The van der Waals surface area contributed by atoms with Gasteiger partial charge in [0.1, 0.15) is 5.76 Å². The van der Waals surface area contributed by atoms with Crippen LogP contribution in [0.1, 0.15) is 12.2 Å². The number of nitrogens with zero attached hydrogens (tertiary/aromatic N) is 1. The van der Waals surface area contributed by atoms with Crippen molar-refractivity contribution in [3.63, 3.8) is 0 Å². The van der Waals surface area contributed by atoms with Gasteiger partial charge < -0.3 is 10.2 Å². The Morgan fingerprint density at radius 2 is 2.53 bits per heavy atom. The highest BCUT2D eigenvalue weighted by molar-refractivity contribution is 5.80. The Morgan fingerprint density at radius 3 is 3.13 bits per heavy atom. The van der Waals surface area contributed by atoms with Crippen molar-refractivity contribution < 1.29 is 9.21 Å². The summed E-state index contributed by atoms with van der Waals surface area (Å²) in [5.74, 6) is 0.552. The lowest BCUT2D eigenvalue weighted by molar-refractivity contribution is -0.122. The fourth-order valence-corrected chi connectivity index (χ4v) is 1.91. The lowest BCUT2D eigenvalue weighted by Crippen LogP contribution is -2.39. The number of carbonyl (C=O) groups is 1. The summed E-state index contributed by atoms with van der Waals surface area (Å²) >= 11 is 0. The van der Waals surface area contributed by atoms with E-state index in [1.165, 1.54) is 0 Å². The second kappa shape index (κ2) is 3.90. The monoisotopic (exact) mass is 206 g/mol. The Morgan fingerprint density at radius 1 is 1.73 bits per heavy atom. The molecular formula is C11H14N2O2. The summed E-state index contributed by atoms with van der Waals surface area (Å²) in [7, 11) is 0. The van der Waals surface area contributed by atoms with Crippen LogP contribution < -0.4 is 5.73 Å². The van der Waals surface area contributed by atoms with Crippen LogP contribution in [-0.2, 0) is 11.3 Å². The van der Waals surface area contributed by atoms with Crippen LogP contribution in [0.5, 0.6) is 0 Å². The fourth-order valence-electron chi connectivity index (χ4n) is 1.91. The Bertz CT molecular complexity index is 370. The van der Waals surface area contributed by atoms with Gasteiger partial charge in [0.05, 0.1) is 18.8 Å². The predicted molar refractivity (Wildman–Crippen MR) is 55.9 cm³/mol. The molecule has 4 nitrogen and oxygen atoms in total. The van der Waals surface area contributed by atoms with Crippen LogP contribution in [0, 0.1) is 0 Å². The zero-order chi connectivity index (χ0) is 10.8. The van der Waals surface area contributed by atoms with Crippen LogP contribution in [0.15, 0.2) is 35.0 Å². The fraction of sp³-hybridized carbons (Fsp3) is 0.364. The van der Waals surface area contributed by atoms with Gasteiger partial charge >= 0.3 is 0 Å². The van der Waals surface area contributed by atoms with E-state index in [4.69, 9.17) is 10.2 Å². The average Bonchev–Trinajstić information content (AvgIpc) is 2.75. The lowest BCUT2D eigenvalue weighted by Gasteiger charge is -2.19. The molecule has 1 aromatic heterocycles. The van der Waals surface area contributed by atoms with Gasteiger partial charge in [0.2, 0.25) is 5.91 Å². The van der Waals surface area contributed by atoms with E-state index in [-0.39, 0.29) is 11.9 Å². The number of likely N-dealkylation sites (tertiary alicyclic amines) is 1. The number of amides is 1. The zero-order valence-electron chi connectivity index (χ0n) is 8.48. The lowest BCUT2D eigenvalue weighted by atomic mass is 10.2. The van der Waals surface area contributed by atoms with Crippen molar-refractivity contribution in [3.8, 4) is 0 Å². The molecule has 0 bridgehead atoms. The van der Waals surface area contributed by atoms with Crippen molar-refractivity contribution in [2.75, 3.05) is 6.54 Å². The van der Waals surface area contributed by atoms with Crippen molar-refractivity contribution in [2.45, 2.75) is 19.0 Å². The Kier molecular flexibility index (Phi) is 2.60. The number of primary amides is 1. The average molecular weight is 206 g/mol. The predicted octanol–water partition coefficient (Wildman–Crippen LogP) is 0.895. The quantitative estimate of drug-likeness (QED) is 0.747. The molecule has 1 aliphatic rings. The summed E-state index contributed by atoms with van der Waals surface area (Å²) in [6.07, 6.45) is 2.29. The van der Waals surface area contributed by atoms with Crippen molar-refractivity contribution in [1.82, 2.24) is 4.90 Å². The van der Waals surface area contributed by atoms with E-state index in [0.29, 0.717) is 19.5 Å². The highest BCUT2D eigenvalue weighted by Gasteiger charge is 2.31. The maximum atomic E-state index is 11.2. The van der Waals surface area contributed by atoms with E-state index in [2.05, 4.69) is 6.58 Å². The highest BCUT2D eigenvalue weighted by Crippen LogP contribution is 2.23. The molecule has 1 amide bonds. The van der Waals surface area contributed by atoms with Crippen LogP contribution in [0.25, 0.3) is 0 Å². The van der Waals surface area contributed by atoms with E-state index in [0.717, 1.165) is 11.3 Å². The third-order valence-electron chi connectivity index (χ3n) is 2.62. The Balaban J connectivity index is 2.07. The summed E-state index contributed by atoms with van der Waals surface area (Å²) in [5, 5.41) is 0. The summed E-state index contributed by atoms with van der Waals surface area (Å²) in [4.78, 5) is 13.2. The molecule has 0 aromatic carbocycles. The standard InChI is InChI=1S/C11H14N2O2/c1-8-5-10(11(12)14)13(6-8)7-9-3-2-4-15-9/h2-4,10H,1,5-7H2,(H2,12,14). The molecule has 0 radical (unpaired) electrons. The van der Waals surface area contributed by atoms with Crippen LogP contribution in [-0.4, -0.2) is 23.4 Å². The van der Waals surface area contributed by atoms with Crippen molar-refractivity contribution in [2.24, 2.45) is 5.73 Å². The van der Waals surface area contributed by atoms with Gasteiger partial charge in [-0.3, -0.25) is 9.69 Å². The van der Waals surface area contributed by atoms with E-state index in [9.17, 15) is 4.79 Å². The van der Waals surface area contributed by atoms with E-state index >= 15 is 0 Å². The van der Waals surface area contributed by atoms with Crippen LogP contribution in [0.4, 0.5) is 0 Å². The Hall–Kier alpha value is -1.55. The van der Waals surface area contributed by atoms with Crippen LogP contribution in [0.3, 0.4) is 0 Å². The molecule has 1 fully saturated rings. The third-order valence-corrected chi connectivity index (χ3v) is 2.62. The van der Waals surface area contributed by atoms with Gasteiger partial charge in [-0.05, 0) is 18.6 Å². The molecule has 1 aromatic rings. The first-order valence-corrected chi connectivity index (χ1v) is 4.89. The van der Waals surface area contributed by atoms with Crippen molar-refractivity contribution in [3.05, 3.63) is 36.3 Å². The molecule has 1 unspecified atom stereocenters. The van der Waals surface area contributed by atoms with Crippen LogP contribution in [0.2, 0.25) is 0 Å². The second-order valence-electron chi connectivity index (χ2n) is 3.86. The first kappa shape index (κ1) is 9.98. The number of hydrogen-bond donors (Lipinski definition) is 1. The summed E-state index contributed by atoms with van der Waals surface area (Å²) < 4.78 is 5.24. The van der Waals surface area contributed by atoms with Gasteiger partial charge in [-0.2, -0.15) is 0 Å². The first-order valence-electron chi connectivity index (χ1n) is 4.89. The number of carbonyl (C=O) groups excluding carboxylic acids is 1. The molecule has 2 N–H and O–H groups in total. The van der Waals surface area contributed by atoms with Gasteiger partial charge in [0, 0.05) is 6.54 Å². The van der Waals surface area contributed by atoms with Gasteiger partial charge in [-0.15, -0.1) is 0 Å². The number of rotatable bonds is 3. The maximum absolute atomic E-state index is 11.2. The molecular weight excluding hydrogens is 192 g/mol. The molecule has 0 saturated carbocycles. The molecule has 15 heavy (non-hydrogen) atoms. The highest BCUT2D eigenvalue weighted by atomic mass is 16.3. The number of nitrogens with two attached hydrogens (primary N) is 1.